The molecule has 1 aromatic rings. The lowest BCUT2D eigenvalue weighted by Gasteiger charge is -2.39. The molecule has 0 amide bonds. The number of nitrogens with one attached hydrogen (secondary N) is 1. The van der Waals surface area contributed by atoms with Crippen molar-refractivity contribution in [3.05, 3.63) is 23.8 Å². The molecule has 90 valence electrons. The minimum Gasteiger partial charge on any atom is -0.493 e. The fourth-order valence-corrected chi connectivity index (χ4v) is 1.74. The summed E-state index contributed by atoms with van der Waals surface area (Å²) in [5, 5.41) is 3.17. The Hall–Kier alpha value is -0.970. The summed E-state index contributed by atoms with van der Waals surface area (Å²) < 4.78 is 10.4. The molecule has 1 aromatic carbocycles. The lowest BCUT2D eigenvalue weighted by atomic mass is 9.85. The van der Waals surface area contributed by atoms with Gasteiger partial charge in [0.05, 0.1) is 19.8 Å². The van der Waals surface area contributed by atoms with Gasteiger partial charge in [0.2, 0.25) is 0 Å². The van der Waals surface area contributed by atoms with Gasteiger partial charge in [-0.3, -0.25) is 0 Å². The zero-order valence-electron chi connectivity index (χ0n) is 9.45. The molecule has 1 fully saturated rings. The van der Waals surface area contributed by atoms with Crippen molar-refractivity contribution in [1.29, 1.82) is 0 Å². The second kappa shape index (κ2) is 4.91. The molecule has 1 saturated heterocycles. The molecule has 0 aromatic heterocycles. The lowest BCUT2D eigenvalue weighted by molar-refractivity contribution is 0.284. The first-order chi connectivity index (χ1) is 7.19. The molecule has 3 N–H and O–H groups in total. The minimum atomic E-state index is -0.250. The zero-order chi connectivity index (χ0) is 10.9. The summed E-state index contributed by atoms with van der Waals surface area (Å²) >= 11 is 0. The van der Waals surface area contributed by atoms with Gasteiger partial charge in [-0.1, -0.05) is 6.07 Å². The molecule has 2 rings (SSSR count). The second-order valence-electron chi connectivity index (χ2n) is 3.83. The molecule has 1 aliphatic heterocycles. The van der Waals surface area contributed by atoms with Crippen LogP contribution in [0.4, 0.5) is 0 Å². The monoisotopic (exact) mass is 244 g/mol. The van der Waals surface area contributed by atoms with Crippen LogP contribution in [-0.4, -0.2) is 27.3 Å². The van der Waals surface area contributed by atoms with Crippen molar-refractivity contribution >= 4 is 12.4 Å². The van der Waals surface area contributed by atoms with Gasteiger partial charge < -0.3 is 20.5 Å². The Morgan fingerprint density at radius 3 is 2.25 bits per heavy atom. The molecule has 4 nitrogen and oxygen atoms in total. The Morgan fingerprint density at radius 2 is 1.81 bits per heavy atom. The van der Waals surface area contributed by atoms with E-state index in [0.29, 0.717) is 0 Å². The van der Waals surface area contributed by atoms with E-state index in [4.69, 9.17) is 15.2 Å². The van der Waals surface area contributed by atoms with Crippen LogP contribution in [0, 0.1) is 0 Å². The molecule has 16 heavy (non-hydrogen) atoms. The molecule has 5 heteroatoms. The van der Waals surface area contributed by atoms with Crippen LogP contribution in [0.15, 0.2) is 18.2 Å². The maximum Gasteiger partial charge on any atom is 0.161 e. The van der Waals surface area contributed by atoms with Crippen LogP contribution in [0.2, 0.25) is 0 Å². The van der Waals surface area contributed by atoms with Crippen molar-refractivity contribution in [2.24, 2.45) is 5.73 Å². The molecule has 0 radical (unpaired) electrons. The zero-order valence-corrected chi connectivity index (χ0v) is 10.3. The van der Waals surface area contributed by atoms with Crippen molar-refractivity contribution in [1.82, 2.24) is 5.32 Å². The first-order valence-corrected chi connectivity index (χ1v) is 4.92. The number of rotatable bonds is 3. The highest BCUT2D eigenvalue weighted by molar-refractivity contribution is 5.85. The second-order valence-corrected chi connectivity index (χ2v) is 3.83. The van der Waals surface area contributed by atoms with Gasteiger partial charge in [-0.05, 0) is 17.7 Å². The summed E-state index contributed by atoms with van der Waals surface area (Å²) in [6, 6.07) is 5.82. The summed E-state index contributed by atoms with van der Waals surface area (Å²) in [7, 11) is 3.25. The van der Waals surface area contributed by atoms with E-state index in [1.165, 1.54) is 0 Å². The van der Waals surface area contributed by atoms with E-state index in [2.05, 4.69) is 5.32 Å². The van der Waals surface area contributed by atoms with Crippen LogP contribution in [0.3, 0.4) is 0 Å². The van der Waals surface area contributed by atoms with Crippen LogP contribution >= 0.6 is 12.4 Å². The minimum absolute atomic E-state index is 0. The smallest absolute Gasteiger partial charge is 0.161 e. The first-order valence-electron chi connectivity index (χ1n) is 4.92. The SMILES string of the molecule is COc1ccc(C2(N)CNC2)cc1OC.Cl. The van der Waals surface area contributed by atoms with E-state index < -0.39 is 0 Å². The molecule has 0 bridgehead atoms. The molecular weight excluding hydrogens is 228 g/mol. The van der Waals surface area contributed by atoms with E-state index >= 15 is 0 Å². The predicted molar refractivity (Wildman–Crippen MR) is 65.5 cm³/mol. The Bertz CT molecular complexity index is 367. The third kappa shape index (κ3) is 2.09. The van der Waals surface area contributed by atoms with Gasteiger partial charge in [0.15, 0.2) is 11.5 Å². The molecule has 0 spiro atoms. The summed E-state index contributed by atoms with van der Waals surface area (Å²) in [5.41, 5.74) is 7.01. The number of hydrogen-bond donors (Lipinski definition) is 2. The molecule has 1 aliphatic rings. The highest BCUT2D eigenvalue weighted by atomic mass is 35.5. The largest absolute Gasteiger partial charge is 0.493 e. The van der Waals surface area contributed by atoms with Gasteiger partial charge in [-0.2, -0.15) is 0 Å². The van der Waals surface area contributed by atoms with Crippen molar-refractivity contribution < 1.29 is 9.47 Å². The van der Waals surface area contributed by atoms with Gasteiger partial charge in [-0.25, -0.2) is 0 Å². The summed E-state index contributed by atoms with van der Waals surface area (Å²) in [5.74, 6) is 1.46. The third-order valence-corrected chi connectivity index (χ3v) is 2.84. The highest BCUT2D eigenvalue weighted by Gasteiger charge is 2.34. The molecule has 0 aliphatic carbocycles. The number of hydrogen-bond acceptors (Lipinski definition) is 4. The maximum atomic E-state index is 6.18. The van der Waals surface area contributed by atoms with Gasteiger partial charge in [0.25, 0.3) is 0 Å². The normalized spacial score (nSPS) is 16.9. The van der Waals surface area contributed by atoms with E-state index in [0.717, 1.165) is 30.2 Å². The standard InChI is InChI=1S/C11H16N2O2.ClH/c1-14-9-4-3-8(5-10(9)15-2)11(12)6-13-7-11;/h3-5,13H,6-7,12H2,1-2H3;1H. The Balaban J connectivity index is 0.00000128. The quantitative estimate of drug-likeness (QED) is 0.829. The average Bonchev–Trinajstić information content (AvgIpc) is 2.25. The average molecular weight is 245 g/mol. The van der Waals surface area contributed by atoms with E-state index in [9.17, 15) is 0 Å². The van der Waals surface area contributed by atoms with Crippen LogP contribution in [-0.2, 0) is 5.54 Å². The number of halogens is 1. The van der Waals surface area contributed by atoms with Crippen molar-refractivity contribution in [2.45, 2.75) is 5.54 Å². The first kappa shape index (κ1) is 13.1. The molecule has 0 atom stereocenters. The van der Waals surface area contributed by atoms with Crippen molar-refractivity contribution in [2.75, 3.05) is 27.3 Å². The van der Waals surface area contributed by atoms with Crippen LogP contribution in [0.25, 0.3) is 0 Å². The Kier molecular flexibility index (Phi) is 4.02. The van der Waals surface area contributed by atoms with E-state index in [-0.39, 0.29) is 17.9 Å². The van der Waals surface area contributed by atoms with Crippen LogP contribution < -0.4 is 20.5 Å². The van der Waals surface area contributed by atoms with Crippen LogP contribution in [0.5, 0.6) is 11.5 Å². The topological polar surface area (TPSA) is 56.5 Å². The van der Waals surface area contributed by atoms with Crippen molar-refractivity contribution in [3.63, 3.8) is 0 Å². The summed E-state index contributed by atoms with van der Waals surface area (Å²) in [4.78, 5) is 0. The van der Waals surface area contributed by atoms with Gasteiger partial charge >= 0.3 is 0 Å². The van der Waals surface area contributed by atoms with Crippen LogP contribution in [0.1, 0.15) is 5.56 Å². The molecule has 0 unspecified atom stereocenters. The molecule has 1 heterocycles. The lowest BCUT2D eigenvalue weighted by Crippen LogP contribution is -2.62. The predicted octanol–water partition coefficient (Wildman–Crippen LogP) is 0.883. The highest BCUT2D eigenvalue weighted by Crippen LogP contribution is 2.32. The number of benzene rings is 1. The molecular formula is C11H17ClN2O2. The Labute approximate surface area is 102 Å². The van der Waals surface area contributed by atoms with Gasteiger partial charge in [0, 0.05) is 13.1 Å². The number of ether oxygens (including phenoxy) is 2. The fraction of sp³-hybridized carbons (Fsp3) is 0.455. The van der Waals surface area contributed by atoms with Crippen molar-refractivity contribution in [3.8, 4) is 11.5 Å². The van der Waals surface area contributed by atoms with Gasteiger partial charge in [-0.15, -0.1) is 12.4 Å². The number of methoxy groups -OCH3 is 2. The summed E-state index contributed by atoms with van der Waals surface area (Å²) in [6.07, 6.45) is 0. The summed E-state index contributed by atoms with van der Waals surface area (Å²) in [6.45, 7) is 1.62. The Morgan fingerprint density at radius 1 is 1.19 bits per heavy atom. The fourth-order valence-electron chi connectivity index (χ4n) is 1.74. The van der Waals surface area contributed by atoms with Gasteiger partial charge in [0.1, 0.15) is 0 Å². The van der Waals surface area contributed by atoms with E-state index in [1.807, 2.05) is 18.2 Å². The maximum absolute atomic E-state index is 6.18. The molecule has 0 saturated carbocycles. The third-order valence-electron chi connectivity index (χ3n) is 2.84. The number of nitrogens with two attached hydrogens (primary N) is 1. The van der Waals surface area contributed by atoms with E-state index in [1.54, 1.807) is 14.2 Å².